The molecule has 8 heteroatoms. The number of aromatic nitrogens is 2. The molecule has 1 aliphatic heterocycles. The number of nitrogens with one attached hydrogen (secondary N) is 1. The van der Waals surface area contributed by atoms with E-state index in [-0.39, 0.29) is 12.3 Å². The first-order valence-corrected chi connectivity index (χ1v) is 9.44. The van der Waals surface area contributed by atoms with Gasteiger partial charge in [-0.25, -0.2) is 0 Å². The second-order valence-corrected chi connectivity index (χ2v) is 7.49. The van der Waals surface area contributed by atoms with Crippen LogP contribution in [0.15, 0.2) is 29.3 Å². The van der Waals surface area contributed by atoms with Gasteiger partial charge in [0.15, 0.2) is 5.78 Å². The zero-order valence-electron chi connectivity index (χ0n) is 15.2. The first-order valence-electron chi connectivity index (χ1n) is 8.62. The van der Waals surface area contributed by atoms with Crippen LogP contribution in [0.4, 0.5) is 5.13 Å². The van der Waals surface area contributed by atoms with Gasteiger partial charge in [0.05, 0.1) is 20.2 Å². The third kappa shape index (κ3) is 4.37. The Morgan fingerprint density at radius 1 is 1.31 bits per heavy atom. The van der Waals surface area contributed by atoms with Gasteiger partial charge < -0.3 is 10.1 Å². The molecule has 0 amide bonds. The molecule has 1 aliphatic rings. The number of hydrogen-bond acceptors (Lipinski definition) is 8. The van der Waals surface area contributed by atoms with Crippen LogP contribution in [0, 0.1) is 5.92 Å². The molecule has 0 saturated carbocycles. The molecule has 7 nitrogen and oxygen atoms in total. The Morgan fingerprint density at radius 3 is 2.69 bits per heavy atom. The minimum Gasteiger partial charge on any atom is -0.497 e. The molecule has 1 aromatic heterocycles. The number of aliphatic imine (C=N–C) groups is 1. The van der Waals surface area contributed by atoms with Gasteiger partial charge in [-0.15, -0.1) is 10.2 Å². The number of methoxy groups -OCH3 is 1. The van der Waals surface area contributed by atoms with E-state index in [0.29, 0.717) is 29.1 Å². The second-order valence-electron chi connectivity index (χ2n) is 6.45. The largest absolute Gasteiger partial charge is 0.497 e. The van der Waals surface area contributed by atoms with Crippen molar-refractivity contribution in [3.05, 3.63) is 34.8 Å². The van der Waals surface area contributed by atoms with Crippen molar-refractivity contribution in [3.63, 3.8) is 0 Å². The molecule has 0 fully saturated rings. The Balaban J connectivity index is 1.79. The average Bonchev–Trinajstić information content (AvgIpc) is 3.31. The summed E-state index contributed by atoms with van der Waals surface area (Å²) in [4.78, 5) is 19.0. The Hall–Kier alpha value is -2.48. The number of carbonyl (C=O) groups is 1. The fraction of sp³-hybridized carbons (Fsp3) is 0.444. The van der Waals surface area contributed by atoms with Crippen LogP contribution in [0.2, 0.25) is 0 Å². The van der Waals surface area contributed by atoms with Crippen LogP contribution in [0.3, 0.4) is 0 Å². The van der Waals surface area contributed by atoms with Crippen LogP contribution in [0.25, 0.3) is 0 Å². The number of rotatable bonds is 7. The summed E-state index contributed by atoms with van der Waals surface area (Å²) in [5.74, 6) is 1.90. The summed E-state index contributed by atoms with van der Waals surface area (Å²) < 4.78 is 5.15. The lowest BCUT2D eigenvalue weighted by atomic mass is 10.1. The zero-order valence-corrected chi connectivity index (χ0v) is 16.0. The van der Waals surface area contributed by atoms with E-state index in [1.807, 2.05) is 4.90 Å². The molecular formula is C18H23N5O2S. The standard InChI is InChI=1S/C18H23N5O2S/c1-12(2)10-16-21-22-18(26-16)23(17-19-8-9-20-17)11-15(24)13-4-6-14(25-3)7-5-13/h4-7,12H,8-11H2,1-3H3,(H,19,20). The van der Waals surface area contributed by atoms with Gasteiger partial charge in [0.25, 0.3) is 0 Å². The van der Waals surface area contributed by atoms with E-state index in [0.717, 1.165) is 23.7 Å². The molecule has 0 atom stereocenters. The maximum absolute atomic E-state index is 12.8. The van der Waals surface area contributed by atoms with Crippen LogP contribution in [-0.4, -0.2) is 48.7 Å². The summed E-state index contributed by atoms with van der Waals surface area (Å²) in [5, 5.41) is 13.4. The number of guanidine groups is 1. The number of carbonyl (C=O) groups excluding carboxylic acids is 1. The van der Waals surface area contributed by atoms with E-state index in [1.54, 1.807) is 31.4 Å². The lowest BCUT2D eigenvalue weighted by molar-refractivity contribution is 0.100. The third-order valence-corrected chi connectivity index (χ3v) is 4.86. The Morgan fingerprint density at radius 2 is 2.08 bits per heavy atom. The van der Waals surface area contributed by atoms with Gasteiger partial charge >= 0.3 is 0 Å². The molecule has 2 heterocycles. The third-order valence-electron chi connectivity index (χ3n) is 3.90. The van der Waals surface area contributed by atoms with Crippen LogP contribution in [0.1, 0.15) is 29.2 Å². The molecule has 26 heavy (non-hydrogen) atoms. The lowest BCUT2D eigenvalue weighted by Gasteiger charge is -2.20. The highest BCUT2D eigenvalue weighted by Crippen LogP contribution is 2.23. The molecular weight excluding hydrogens is 350 g/mol. The highest BCUT2D eigenvalue weighted by atomic mass is 32.1. The quantitative estimate of drug-likeness (QED) is 0.751. The zero-order chi connectivity index (χ0) is 18.5. The number of benzene rings is 1. The monoisotopic (exact) mass is 373 g/mol. The van der Waals surface area contributed by atoms with E-state index >= 15 is 0 Å². The van der Waals surface area contributed by atoms with E-state index in [1.165, 1.54) is 11.3 Å². The molecule has 0 saturated heterocycles. The minimum atomic E-state index is -0.00957. The maximum Gasteiger partial charge on any atom is 0.215 e. The molecule has 0 aliphatic carbocycles. The van der Waals surface area contributed by atoms with Gasteiger partial charge in [-0.2, -0.15) is 0 Å². The van der Waals surface area contributed by atoms with Crippen molar-refractivity contribution >= 4 is 28.2 Å². The maximum atomic E-state index is 12.8. The summed E-state index contributed by atoms with van der Waals surface area (Å²) in [6.45, 7) is 5.91. The fourth-order valence-electron chi connectivity index (χ4n) is 2.60. The first kappa shape index (κ1) is 18.3. The van der Waals surface area contributed by atoms with Crippen molar-refractivity contribution < 1.29 is 9.53 Å². The van der Waals surface area contributed by atoms with Crippen molar-refractivity contribution in [2.75, 3.05) is 31.6 Å². The van der Waals surface area contributed by atoms with Gasteiger partial charge in [0, 0.05) is 18.5 Å². The van der Waals surface area contributed by atoms with Crippen molar-refractivity contribution in [2.45, 2.75) is 20.3 Å². The highest BCUT2D eigenvalue weighted by Gasteiger charge is 2.24. The number of anilines is 1. The van der Waals surface area contributed by atoms with Crippen LogP contribution in [0.5, 0.6) is 5.75 Å². The van der Waals surface area contributed by atoms with Crippen molar-refractivity contribution in [1.82, 2.24) is 15.5 Å². The molecule has 1 N–H and O–H groups in total. The van der Waals surface area contributed by atoms with E-state index in [2.05, 4.69) is 34.4 Å². The van der Waals surface area contributed by atoms with Gasteiger partial charge in [-0.3, -0.25) is 14.7 Å². The van der Waals surface area contributed by atoms with E-state index in [9.17, 15) is 4.79 Å². The number of Topliss-reactive ketones (excluding diaryl/α,β-unsaturated/α-hetero) is 1. The van der Waals surface area contributed by atoms with E-state index < -0.39 is 0 Å². The van der Waals surface area contributed by atoms with Crippen LogP contribution >= 0.6 is 11.3 Å². The van der Waals surface area contributed by atoms with Gasteiger partial charge in [0.2, 0.25) is 11.1 Å². The van der Waals surface area contributed by atoms with Crippen LogP contribution < -0.4 is 15.0 Å². The predicted molar refractivity (Wildman–Crippen MR) is 103 cm³/mol. The number of ether oxygens (including phenoxy) is 1. The normalized spacial score (nSPS) is 13.5. The van der Waals surface area contributed by atoms with E-state index in [4.69, 9.17) is 4.74 Å². The molecule has 0 unspecified atom stereocenters. The van der Waals surface area contributed by atoms with Crippen molar-refractivity contribution in [3.8, 4) is 5.75 Å². The Kier molecular flexibility index (Phi) is 5.82. The number of hydrogen-bond donors (Lipinski definition) is 1. The van der Waals surface area contributed by atoms with Crippen molar-refractivity contribution in [2.24, 2.45) is 10.9 Å². The SMILES string of the molecule is COc1ccc(C(=O)CN(C2=NCCN2)c2nnc(CC(C)C)s2)cc1. The summed E-state index contributed by atoms with van der Waals surface area (Å²) in [7, 11) is 1.60. The molecule has 0 radical (unpaired) electrons. The topological polar surface area (TPSA) is 79.7 Å². The molecule has 138 valence electrons. The fourth-order valence-corrected chi connectivity index (χ4v) is 3.65. The molecule has 1 aromatic carbocycles. The van der Waals surface area contributed by atoms with Gasteiger partial charge in [0.1, 0.15) is 10.8 Å². The van der Waals surface area contributed by atoms with Gasteiger partial charge in [-0.1, -0.05) is 25.2 Å². The number of ketones is 1. The van der Waals surface area contributed by atoms with Crippen molar-refractivity contribution in [1.29, 1.82) is 0 Å². The predicted octanol–water partition coefficient (Wildman–Crippen LogP) is 2.39. The lowest BCUT2D eigenvalue weighted by Crippen LogP contribution is -2.42. The average molecular weight is 373 g/mol. The van der Waals surface area contributed by atoms with Crippen LogP contribution in [-0.2, 0) is 6.42 Å². The minimum absolute atomic E-state index is 0.00957. The Labute approximate surface area is 157 Å². The number of nitrogens with zero attached hydrogens (tertiary/aromatic N) is 4. The smallest absolute Gasteiger partial charge is 0.215 e. The molecule has 3 rings (SSSR count). The van der Waals surface area contributed by atoms with Gasteiger partial charge in [-0.05, 0) is 30.2 Å². The summed E-state index contributed by atoms with van der Waals surface area (Å²) in [6.07, 6.45) is 0.873. The molecule has 2 aromatic rings. The molecule has 0 spiro atoms. The molecule has 0 bridgehead atoms. The first-order chi connectivity index (χ1) is 12.6. The summed E-state index contributed by atoms with van der Waals surface area (Å²) in [6, 6.07) is 7.12. The second kappa shape index (κ2) is 8.27. The Bertz CT molecular complexity index is 785. The summed E-state index contributed by atoms with van der Waals surface area (Å²) >= 11 is 1.51. The highest BCUT2D eigenvalue weighted by molar-refractivity contribution is 7.15. The summed E-state index contributed by atoms with van der Waals surface area (Å²) in [5.41, 5.74) is 0.626.